The number of nitrogens with one attached hydrogen (secondary N) is 1. The van der Waals surface area contributed by atoms with Gasteiger partial charge in [0.15, 0.2) is 5.76 Å². The summed E-state index contributed by atoms with van der Waals surface area (Å²) in [5, 5.41) is 7.37. The largest absolute Gasteiger partial charge is 0.360 e. The summed E-state index contributed by atoms with van der Waals surface area (Å²) in [5.41, 5.74) is 1.01. The molecule has 0 aromatic carbocycles. The summed E-state index contributed by atoms with van der Waals surface area (Å²) < 4.78 is 5.42. The van der Waals surface area contributed by atoms with Crippen molar-refractivity contribution in [2.24, 2.45) is 0 Å². The average Bonchev–Trinajstić information content (AvgIpc) is 3.13. The summed E-state index contributed by atoms with van der Waals surface area (Å²) in [6.45, 7) is 8.22. The van der Waals surface area contributed by atoms with Crippen molar-refractivity contribution in [2.75, 3.05) is 13.1 Å². The van der Waals surface area contributed by atoms with Gasteiger partial charge in [0.05, 0.1) is 12.2 Å². The monoisotopic (exact) mass is 251 g/mol. The molecular weight excluding hydrogens is 226 g/mol. The Morgan fingerprint density at radius 2 is 2.28 bits per heavy atom. The topological polar surface area (TPSA) is 41.3 Å². The van der Waals surface area contributed by atoms with Crippen LogP contribution in [0.25, 0.3) is 0 Å². The normalized spacial score (nSPS) is 15.5. The Balaban J connectivity index is 1.83. The molecule has 0 atom stereocenters. The van der Waals surface area contributed by atoms with Gasteiger partial charge in [0.2, 0.25) is 0 Å². The summed E-state index contributed by atoms with van der Waals surface area (Å²) in [4.78, 5) is 2.54. The van der Waals surface area contributed by atoms with E-state index in [-0.39, 0.29) is 0 Å². The smallest absolute Gasteiger partial charge is 0.151 e. The quantitative estimate of drug-likeness (QED) is 0.732. The lowest BCUT2D eigenvalue weighted by atomic mass is 10.3. The highest BCUT2D eigenvalue weighted by molar-refractivity contribution is 5.05. The van der Waals surface area contributed by atoms with Crippen LogP contribution in [0.5, 0.6) is 0 Å². The minimum absolute atomic E-state index is 0.791. The zero-order valence-electron chi connectivity index (χ0n) is 11.6. The van der Waals surface area contributed by atoms with Crippen LogP contribution in [0.3, 0.4) is 0 Å². The Bertz CT molecular complexity index is 347. The van der Waals surface area contributed by atoms with Gasteiger partial charge in [-0.25, -0.2) is 0 Å². The fraction of sp³-hybridized carbons (Fsp3) is 0.786. The minimum Gasteiger partial charge on any atom is -0.360 e. The van der Waals surface area contributed by atoms with E-state index in [2.05, 4.69) is 35.3 Å². The molecule has 102 valence electrons. The number of nitrogens with zero attached hydrogens (tertiary/aromatic N) is 2. The molecule has 0 amide bonds. The fourth-order valence-corrected chi connectivity index (χ4v) is 2.16. The van der Waals surface area contributed by atoms with Gasteiger partial charge < -0.3 is 9.84 Å². The van der Waals surface area contributed by atoms with Crippen LogP contribution < -0.4 is 5.32 Å². The van der Waals surface area contributed by atoms with Crippen molar-refractivity contribution in [1.82, 2.24) is 15.4 Å². The first kappa shape index (κ1) is 13.6. The lowest BCUT2D eigenvalue weighted by Gasteiger charge is -2.19. The van der Waals surface area contributed by atoms with Gasteiger partial charge in [-0.15, -0.1) is 0 Å². The summed E-state index contributed by atoms with van der Waals surface area (Å²) >= 11 is 0. The van der Waals surface area contributed by atoms with Crippen LogP contribution >= 0.6 is 0 Å². The van der Waals surface area contributed by atoms with E-state index in [4.69, 9.17) is 4.52 Å². The first-order valence-electron chi connectivity index (χ1n) is 7.22. The van der Waals surface area contributed by atoms with Crippen LogP contribution in [0.15, 0.2) is 10.6 Å². The number of unbranched alkanes of at least 4 members (excludes halogenated alkanes) is 1. The Hall–Kier alpha value is -0.870. The number of rotatable bonds is 9. The Morgan fingerprint density at radius 3 is 2.94 bits per heavy atom. The molecule has 1 aromatic rings. The average molecular weight is 251 g/mol. The van der Waals surface area contributed by atoms with Crippen molar-refractivity contribution in [1.29, 1.82) is 0 Å². The second-order valence-electron chi connectivity index (χ2n) is 5.12. The Morgan fingerprint density at radius 1 is 1.44 bits per heavy atom. The van der Waals surface area contributed by atoms with Crippen molar-refractivity contribution in [2.45, 2.75) is 58.7 Å². The van der Waals surface area contributed by atoms with Crippen LogP contribution in [0.4, 0.5) is 0 Å². The molecule has 1 fully saturated rings. The number of hydrogen-bond acceptors (Lipinski definition) is 4. The molecule has 0 bridgehead atoms. The Labute approximate surface area is 110 Å². The lowest BCUT2D eigenvalue weighted by molar-refractivity contribution is 0.218. The predicted octanol–water partition coefficient (Wildman–Crippen LogP) is 2.55. The van der Waals surface area contributed by atoms with E-state index < -0.39 is 0 Å². The van der Waals surface area contributed by atoms with Crippen molar-refractivity contribution >= 4 is 0 Å². The van der Waals surface area contributed by atoms with Gasteiger partial charge in [-0.3, -0.25) is 4.90 Å². The number of hydrogen-bond donors (Lipinski definition) is 1. The lowest BCUT2D eigenvalue weighted by Crippen LogP contribution is -2.26. The molecule has 4 nitrogen and oxygen atoms in total. The standard InChI is InChI=1S/C14H25N3O/c1-3-5-8-17(13-6-7-13)11-14-9-12(16-18-14)10-15-4-2/h9,13,15H,3-8,10-11H2,1-2H3. The Kier molecular flexibility index (Phi) is 5.20. The SMILES string of the molecule is CCCCN(Cc1cc(CNCC)no1)C1CC1. The van der Waals surface area contributed by atoms with Crippen molar-refractivity contribution in [3.8, 4) is 0 Å². The summed E-state index contributed by atoms with van der Waals surface area (Å²) in [7, 11) is 0. The van der Waals surface area contributed by atoms with Crippen LogP contribution in [0.1, 0.15) is 51.0 Å². The molecule has 1 aliphatic carbocycles. The number of aromatic nitrogens is 1. The van der Waals surface area contributed by atoms with Crippen LogP contribution in [0, 0.1) is 0 Å². The van der Waals surface area contributed by atoms with Crippen LogP contribution in [-0.4, -0.2) is 29.2 Å². The van der Waals surface area contributed by atoms with Gasteiger partial charge in [0.25, 0.3) is 0 Å². The van der Waals surface area contributed by atoms with E-state index in [0.29, 0.717) is 0 Å². The third-order valence-corrected chi connectivity index (χ3v) is 3.38. The summed E-state index contributed by atoms with van der Waals surface area (Å²) in [6.07, 6.45) is 5.23. The van der Waals surface area contributed by atoms with E-state index >= 15 is 0 Å². The van der Waals surface area contributed by atoms with Gasteiger partial charge in [0, 0.05) is 18.7 Å². The molecule has 1 aromatic heterocycles. The zero-order chi connectivity index (χ0) is 12.8. The highest BCUT2D eigenvalue weighted by Gasteiger charge is 2.29. The van der Waals surface area contributed by atoms with Gasteiger partial charge in [0.1, 0.15) is 0 Å². The summed E-state index contributed by atoms with van der Waals surface area (Å²) in [5.74, 6) is 1.01. The molecule has 1 saturated carbocycles. The van der Waals surface area contributed by atoms with E-state index in [1.165, 1.54) is 32.2 Å². The van der Waals surface area contributed by atoms with Gasteiger partial charge in [-0.05, 0) is 32.4 Å². The van der Waals surface area contributed by atoms with E-state index in [0.717, 1.165) is 37.1 Å². The molecule has 0 aliphatic heterocycles. The molecule has 1 heterocycles. The fourth-order valence-electron chi connectivity index (χ4n) is 2.16. The molecule has 0 saturated heterocycles. The molecule has 1 N–H and O–H groups in total. The molecular formula is C14H25N3O. The van der Waals surface area contributed by atoms with E-state index in [1.54, 1.807) is 0 Å². The first-order chi connectivity index (χ1) is 8.83. The third-order valence-electron chi connectivity index (χ3n) is 3.38. The van der Waals surface area contributed by atoms with Crippen molar-refractivity contribution in [3.05, 3.63) is 17.5 Å². The van der Waals surface area contributed by atoms with Crippen LogP contribution in [0.2, 0.25) is 0 Å². The van der Waals surface area contributed by atoms with Gasteiger partial charge >= 0.3 is 0 Å². The molecule has 18 heavy (non-hydrogen) atoms. The maximum atomic E-state index is 5.42. The molecule has 0 radical (unpaired) electrons. The highest BCUT2D eigenvalue weighted by Crippen LogP contribution is 2.28. The van der Waals surface area contributed by atoms with Gasteiger partial charge in [-0.1, -0.05) is 25.4 Å². The minimum atomic E-state index is 0.791. The van der Waals surface area contributed by atoms with Crippen LogP contribution in [-0.2, 0) is 13.1 Å². The van der Waals surface area contributed by atoms with E-state index in [1.807, 2.05) is 0 Å². The first-order valence-corrected chi connectivity index (χ1v) is 7.22. The molecule has 4 heteroatoms. The molecule has 2 rings (SSSR count). The molecule has 1 aliphatic rings. The second kappa shape index (κ2) is 6.90. The van der Waals surface area contributed by atoms with E-state index in [9.17, 15) is 0 Å². The maximum absolute atomic E-state index is 5.42. The summed E-state index contributed by atoms with van der Waals surface area (Å²) in [6, 6.07) is 2.88. The predicted molar refractivity (Wildman–Crippen MR) is 72.2 cm³/mol. The second-order valence-corrected chi connectivity index (χ2v) is 5.12. The maximum Gasteiger partial charge on any atom is 0.151 e. The highest BCUT2D eigenvalue weighted by atomic mass is 16.5. The van der Waals surface area contributed by atoms with Gasteiger partial charge in [-0.2, -0.15) is 0 Å². The molecule has 0 unspecified atom stereocenters. The zero-order valence-corrected chi connectivity index (χ0v) is 11.6. The van der Waals surface area contributed by atoms with Crippen molar-refractivity contribution < 1.29 is 4.52 Å². The third kappa shape index (κ3) is 4.10. The van der Waals surface area contributed by atoms with Crippen molar-refractivity contribution in [3.63, 3.8) is 0 Å². The molecule has 0 spiro atoms.